The van der Waals surface area contributed by atoms with Crippen molar-refractivity contribution >= 4 is 0 Å². The van der Waals surface area contributed by atoms with E-state index < -0.39 is 0 Å². The molecule has 0 aliphatic heterocycles. The molecule has 0 bridgehead atoms. The van der Waals surface area contributed by atoms with Gasteiger partial charge in [0.05, 0.1) is 0 Å². The van der Waals surface area contributed by atoms with Crippen LogP contribution in [0.25, 0.3) is 0 Å². The summed E-state index contributed by atoms with van der Waals surface area (Å²) in [6.45, 7) is 9.28. The standard InChI is InChI=1S/C13H23/c1-5-6-7-12-8-11(2)9-13(3,4)10-12/h5,8,11H,6-7,9-10H2,1-4H3. The highest BCUT2D eigenvalue weighted by atomic mass is 14.3. The Balaban J connectivity index is 2.53. The minimum Gasteiger partial charge on any atom is -0.0824 e. The van der Waals surface area contributed by atoms with Crippen molar-refractivity contribution in [2.45, 2.75) is 53.4 Å². The third-order valence-corrected chi connectivity index (χ3v) is 2.85. The summed E-state index contributed by atoms with van der Waals surface area (Å²) in [6, 6.07) is 0. The van der Waals surface area contributed by atoms with Gasteiger partial charge in [-0.05, 0) is 43.4 Å². The molecule has 0 saturated carbocycles. The molecule has 0 fully saturated rings. The summed E-state index contributed by atoms with van der Waals surface area (Å²) in [5, 5.41) is 0. The van der Waals surface area contributed by atoms with Crippen LogP contribution in [0.1, 0.15) is 53.4 Å². The van der Waals surface area contributed by atoms with Crippen LogP contribution >= 0.6 is 0 Å². The fourth-order valence-corrected chi connectivity index (χ4v) is 2.58. The lowest BCUT2D eigenvalue weighted by molar-refractivity contribution is 0.276. The van der Waals surface area contributed by atoms with E-state index in [-0.39, 0.29) is 0 Å². The lowest BCUT2D eigenvalue weighted by atomic mass is 9.72. The van der Waals surface area contributed by atoms with Gasteiger partial charge in [0.15, 0.2) is 0 Å². The van der Waals surface area contributed by atoms with Gasteiger partial charge in [0.25, 0.3) is 0 Å². The Bertz CT molecular complexity index is 186. The summed E-state index contributed by atoms with van der Waals surface area (Å²) in [4.78, 5) is 0. The van der Waals surface area contributed by atoms with E-state index in [9.17, 15) is 0 Å². The second-order valence-corrected chi connectivity index (χ2v) is 5.29. The third kappa shape index (κ3) is 3.54. The van der Waals surface area contributed by atoms with E-state index in [1.165, 1.54) is 25.7 Å². The van der Waals surface area contributed by atoms with Gasteiger partial charge in [-0.1, -0.05) is 39.3 Å². The Hall–Kier alpha value is -0.260. The molecule has 1 aliphatic carbocycles. The van der Waals surface area contributed by atoms with Gasteiger partial charge in [-0.25, -0.2) is 0 Å². The minimum absolute atomic E-state index is 0.539. The normalized spacial score (nSPS) is 27.1. The van der Waals surface area contributed by atoms with Gasteiger partial charge < -0.3 is 0 Å². The van der Waals surface area contributed by atoms with Gasteiger partial charge in [-0.2, -0.15) is 0 Å². The summed E-state index contributed by atoms with van der Waals surface area (Å²) in [5.41, 5.74) is 2.22. The quantitative estimate of drug-likeness (QED) is 0.564. The lowest BCUT2D eigenvalue weighted by Crippen LogP contribution is -2.20. The molecule has 0 aromatic rings. The summed E-state index contributed by atoms with van der Waals surface area (Å²) in [5.74, 6) is 0.788. The topological polar surface area (TPSA) is 0 Å². The van der Waals surface area contributed by atoms with Crippen LogP contribution in [0.5, 0.6) is 0 Å². The number of rotatable bonds is 3. The van der Waals surface area contributed by atoms with Gasteiger partial charge >= 0.3 is 0 Å². The zero-order valence-corrected chi connectivity index (χ0v) is 9.56. The van der Waals surface area contributed by atoms with Crippen LogP contribution in [-0.4, -0.2) is 0 Å². The van der Waals surface area contributed by atoms with Gasteiger partial charge in [0.2, 0.25) is 0 Å². The fraction of sp³-hybridized carbons (Fsp3) is 0.769. The molecule has 0 spiro atoms. The molecule has 75 valence electrons. The van der Waals surface area contributed by atoms with Gasteiger partial charge in [-0.15, -0.1) is 0 Å². The average molecular weight is 179 g/mol. The molecule has 0 heterocycles. The zero-order chi connectivity index (χ0) is 9.90. The van der Waals surface area contributed by atoms with E-state index in [0.29, 0.717) is 5.41 Å². The highest BCUT2D eigenvalue weighted by molar-refractivity contribution is 5.11. The summed E-state index contributed by atoms with van der Waals surface area (Å²) >= 11 is 0. The maximum absolute atomic E-state index is 2.49. The highest BCUT2D eigenvalue weighted by Crippen LogP contribution is 2.39. The molecule has 0 aromatic heterocycles. The molecular weight excluding hydrogens is 156 g/mol. The third-order valence-electron chi connectivity index (χ3n) is 2.85. The van der Waals surface area contributed by atoms with Crippen molar-refractivity contribution in [1.82, 2.24) is 0 Å². The maximum atomic E-state index is 2.49. The zero-order valence-electron chi connectivity index (χ0n) is 9.56. The first-order valence-corrected chi connectivity index (χ1v) is 5.51. The van der Waals surface area contributed by atoms with Crippen LogP contribution in [0.2, 0.25) is 0 Å². The molecule has 0 aromatic carbocycles. The summed E-state index contributed by atoms with van der Waals surface area (Å²) in [6.07, 6.45) is 9.96. The molecule has 1 aliphatic rings. The lowest BCUT2D eigenvalue weighted by Gasteiger charge is -2.33. The van der Waals surface area contributed by atoms with Crippen molar-refractivity contribution in [2.75, 3.05) is 0 Å². The number of hydrogen-bond acceptors (Lipinski definition) is 0. The molecular formula is C13H23. The highest BCUT2D eigenvalue weighted by Gasteiger charge is 2.25. The largest absolute Gasteiger partial charge is 0.0824 e. The van der Waals surface area contributed by atoms with Crippen molar-refractivity contribution in [1.29, 1.82) is 0 Å². The van der Waals surface area contributed by atoms with E-state index in [1.807, 2.05) is 0 Å². The molecule has 1 radical (unpaired) electrons. The van der Waals surface area contributed by atoms with Crippen molar-refractivity contribution in [3.05, 3.63) is 18.1 Å². The Morgan fingerprint density at radius 3 is 2.77 bits per heavy atom. The van der Waals surface area contributed by atoms with E-state index in [1.54, 1.807) is 5.57 Å². The fourth-order valence-electron chi connectivity index (χ4n) is 2.58. The van der Waals surface area contributed by atoms with Crippen LogP contribution in [0, 0.1) is 17.8 Å². The Morgan fingerprint density at radius 1 is 1.54 bits per heavy atom. The molecule has 0 nitrogen and oxygen atoms in total. The van der Waals surface area contributed by atoms with E-state index in [4.69, 9.17) is 0 Å². The number of allylic oxidation sites excluding steroid dienone is 2. The summed E-state index contributed by atoms with van der Waals surface area (Å²) in [7, 11) is 0. The minimum atomic E-state index is 0.539. The Kier molecular flexibility index (Phi) is 3.58. The van der Waals surface area contributed by atoms with E-state index in [0.717, 1.165) is 5.92 Å². The van der Waals surface area contributed by atoms with Crippen LogP contribution < -0.4 is 0 Å². The molecule has 1 atom stereocenters. The molecule has 0 heteroatoms. The van der Waals surface area contributed by atoms with Gasteiger partial charge in [-0.3, -0.25) is 0 Å². The van der Waals surface area contributed by atoms with E-state index in [2.05, 4.69) is 40.2 Å². The number of unbranched alkanes of at least 4 members (excludes halogenated alkanes) is 1. The monoisotopic (exact) mass is 179 g/mol. The van der Waals surface area contributed by atoms with Gasteiger partial charge in [0.1, 0.15) is 0 Å². The predicted molar refractivity (Wildman–Crippen MR) is 59.5 cm³/mol. The Morgan fingerprint density at radius 2 is 2.23 bits per heavy atom. The summed E-state index contributed by atoms with van der Waals surface area (Å²) < 4.78 is 0. The van der Waals surface area contributed by atoms with E-state index >= 15 is 0 Å². The molecule has 13 heavy (non-hydrogen) atoms. The maximum Gasteiger partial charge on any atom is -0.0254 e. The molecule has 0 N–H and O–H groups in total. The average Bonchev–Trinajstić information content (AvgIpc) is 1.97. The van der Waals surface area contributed by atoms with Gasteiger partial charge in [0, 0.05) is 0 Å². The first-order valence-electron chi connectivity index (χ1n) is 5.51. The van der Waals surface area contributed by atoms with Crippen molar-refractivity contribution in [3.8, 4) is 0 Å². The molecule has 0 amide bonds. The van der Waals surface area contributed by atoms with Crippen LogP contribution in [0.15, 0.2) is 11.6 Å². The molecule has 1 rings (SSSR count). The second-order valence-electron chi connectivity index (χ2n) is 5.29. The molecule has 1 unspecified atom stereocenters. The molecule has 0 saturated heterocycles. The SMILES string of the molecule is C[CH]CCC1=CC(C)CC(C)(C)C1. The predicted octanol–water partition coefficient (Wildman–Crippen LogP) is 4.37. The van der Waals surface area contributed by atoms with Crippen LogP contribution in [0.3, 0.4) is 0 Å². The van der Waals surface area contributed by atoms with Crippen LogP contribution in [-0.2, 0) is 0 Å². The second kappa shape index (κ2) is 4.30. The van der Waals surface area contributed by atoms with Crippen molar-refractivity contribution in [2.24, 2.45) is 11.3 Å². The van der Waals surface area contributed by atoms with Crippen molar-refractivity contribution < 1.29 is 0 Å². The first-order chi connectivity index (χ1) is 6.03. The van der Waals surface area contributed by atoms with Crippen molar-refractivity contribution in [3.63, 3.8) is 0 Å². The smallest absolute Gasteiger partial charge is 0.0254 e. The first kappa shape index (κ1) is 10.8. The number of hydrogen-bond donors (Lipinski definition) is 0. The van der Waals surface area contributed by atoms with Crippen LogP contribution in [0.4, 0.5) is 0 Å². The Labute approximate surface area is 83.4 Å².